The fourth-order valence-electron chi connectivity index (χ4n) is 4.07. The normalized spacial score (nSPS) is 18.9. The van der Waals surface area contributed by atoms with Crippen molar-refractivity contribution >= 4 is 33.7 Å². The summed E-state index contributed by atoms with van der Waals surface area (Å²) in [4.78, 5) is 0. The molecule has 0 N–H and O–H groups in total. The van der Waals surface area contributed by atoms with Crippen LogP contribution in [0.5, 0.6) is 0 Å². The van der Waals surface area contributed by atoms with Crippen molar-refractivity contribution in [2.45, 2.75) is 26.2 Å². The van der Waals surface area contributed by atoms with E-state index >= 15 is 0 Å². The number of benzene rings is 3. The summed E-state index contributed by atoms with van der Waals surface area (Å²) in [6, 6.07) is 27.0. The quantitative estimate of drug-likeness (QED) is 0.299. The van der Waals surface area contributed by atoms with Gasteiger partial charge < -0.3 is 0 Å². The van der Waals surface area contributed by atoms with E-state index in [1.165, 1.54) is 44.5 Å². The highest BCUT2D eigenvalue weighted by Gasteiger charge is 2.41. The van der Waals surface area contributed by atoms with Gasteiger partial charge in [-0.3, -0.25) is 0 Å². The molecule has 0 nitrogen and oxygen atoms in total. The lowest BCUT2D eigenvalue weighted by atomic mass is 9.78. The van der Waals surface area contributed by atoms with Crippen molar-refractivity contribution in [2.24, 2.45) is 0 Å². The first-order valence-electron chi connectivity index (χ1n) is 9.09. The van der Waals surface area contributed by atoms with Crippen LogP contribution in [-0.2, 0) is 5.41 Å². The number of allylic oxidation sites excluding steroid dienone is 1. The van der Waals surface area contributed by atoms with Crippen molar-refractivity contribution in [3.63, 3.8) is 0 Å². The van der Waals surface area contributed by atoms with Gasteiger partial charge in [0, 0.05) is 9.84 Å². The molecule has 1 heteroatoms. The van der Waals surface area contributed by atoms with Crippen LogP contribution in [0.1, 0.15) is 40.3 Å². The van der Waals surface area contributed by atoms with Gasteiger partial charge in [-0.25, -0.2) is 0 Å². The molecule has 0 bridgehead atoms. The second-order valence-corrected chi connectivity index (χ2v) is 8.26. The first kappa shape index (κ1) is 17.5. The summed E-state index contributed by atoms with van der Waals surface area (Å²) in [6.45, 7) is 6.70. The van der Waals surface area contributed by atoms with Crippen LogP contribution in [0.4, 0.5) is 0 Å². The molecule has 1 aliphatic rings. The molecular weight excluding hydrogens is 427 g/mol. The third-order valence-corrected chi connectivity index (χ3v) is 7.07. The van der Waals surface area contributed by atoms with E-state index < -0.39 is 0 Å². The molecule has 26 heavy (non-hydrogen) atoms. The van der Waals surface area contributed by atoms with Gasteiger partial charge in [-0.1, -0.05) is 113 Å². The number of halogens is 1. The number of hydrogen-bond acceptors (Lipinski definition) is 0. The van der Waals surface area contributed by atoms with E-state index in [1.54, 1.807) is 0 Å². The molecule has 1 atom stereocenters. The Labute approximate surface area is 170 Å². The maximum absolute atomic E-state index is 2.55. The zero-order chi connectivity index (χ0) is 18.3. The van der Waals surface area contributed by atoms with Crippen LogP contribution in [-0.4, -0.2) is 4.43 Å². The zero-order valence-electron chi connectivity index (χ0n) is 15.5. The maximum atomic E-state index is 2.55. The first-order chi connectivity index (χ1) is 12.5. The number of alkyl halides is 1. The lowest BCUT2D eigenvalue weighted by Crippen LogP contribution is -2.23. The highest BCUT2D eigenvalue weighted by atomic mass is 127. The van der Waals surface area contributed by atoms with Gasteiger partial charge in [0.2, 0.25) is 0 Å². The van der Waals surface area contributed by atoms with Crippen LogP contribution >= 0.6 is 22.6 Å². The van der Waals surface area contributed by atoms with E-state index in [0.717, 1.165) is 4.43 Å². The highest BCUT2D eigenvalue weighted by molar-refractivity contribution is 14.1. The molecule has 1 unspecified atom stereocenters. The Bertz CT molecular complexity index is 977. The van der Waals surface area contributed by atoms with Crippen LogP contribution in [0, 0.1) is 13.8 Å². The van der Waals surface area contributed by atoms with Crippen molar-refractivity contribution in [1.29, 1.82) is 0 Å². The number of rotatable bonds is 3. The van der Waals surface area contributed by atoms with E-state index in [1.807, 2.05) is 0 Å². The minimum absolute atomic E-state index is 0.0205. The molecule has 0 amide bonds. The molecule has 3 aromatic carbocycles. The predicted molar refractivity (Wildman–Crippen MR) is 121 cm³/mol. The molecule has 0 heterocycles. The molecule has 0 aromatic heterocycles. The minimum Gasteiger partial charge on any atom is -0.0851 e. The average molecular weight is 450 g/mol. The van der Waals surface area contributed by atoms with Crippen molar-refractivity contribution in [2.75, 3.05) is 4.43 Å². The molecule has 4 rings (SSSR count). The Hall–Kier alpha value is -1.87. The van der Waals surface area contributed by atoms with Crippen molar-refractivity contribution in [3.05, 3.63) is 106 Å². The fraction of sp³-hybridized carbons (Fsp3) is 0.200. The third-order valence-electron chi connectivity index (χ3n) is 5.54. The SMILES string of the molecule is Cc1ccc(C2=C(c3ccc(C)cc3)C(C)(CI)c3ccccc32)cc1. The molecule has 0 radical (unpaired) electrons. The molecule has 0 saturated carbocycles. The van der Waals surface area contributed by atoms with E-state index in [0.29, 0.717) is 0 Å². The summed E-state index contributed by atoms with van der Waals surface area (Å²) in [7, 11) is 0. The van der Waals surface area contributed by atoms with E-state index in [9.17, 15) is 0 Å². The highest BCUT2D eigenvalue weighted by Crippen LogP contribution is 2.53. The zero-order valence-corrected chi connectivity index (χ0v) is 17.7. The second-order valence-electron chi connectivity index (χ2n) is 7.49. The number of aryl methyl sites for hydroxylation is 2. The standard InChI is InChI=1S/C25H23I/c1-17-8-12-19(13-9-17)23-21-6-4-5-7-22(21)25(3,16-26)24(23)20-14-10-18(2)11-15-20/h4-15H,16H2,1-3H3. The number of fused-ring (bicyclic) bond motifs is 1. The molecule has 0 fully saturated rings. The molecule has 1 aliphatic carbocycles. The third kappa shape index (κ3) is 2.73. The van der Waals surface area contributed by atoms with Gasteiger partial charge in [-0.05, 0) is 47.2 Å². The molecule has 0 spiro atoms. The smallest absolute Gasteiger partial charge is 0.0282 e. The Kier molecular flexibility index (Phi) is 4.52. The molecule has 3 aromatic rings. The van der Waals surface area contributed by atoms with Crippen molar-refractivity contribution < 1.29 is 0 Å². The predicted octanol–water partition coefficient (Wildman–Crippen LogP) is 6.97. The van der Waals surface area contributed by atoms with E-state index in [2.05, 4.69) is 116 Å². The minimum atomic E-state index is 0.0205. The van der Waals surface area contributed by atoms with Crippen LogP contribution in [0.25, 0.3) is 11.1 Å². The Morgan fingerprint density at radius 3 is 1.85 bits per heavy atom. The molecule has 0 aliphatic heterocycles. The number of hydrogen-bond donors (Lipinski definition) is 0. The van der Waals surface area contributed by atoms with Gasteiger partial charge in [0.05, 0.1) is 0 Å². The van der Waals surface area contributed by atoms with E-state index in [-0.39, 0.29) is 5.41 Å². The summed E-state index contributed by atoms with van der Waals surface area (Å²) in [5.41, 5.74) is 10.9. The summed E-state index contributed by atoms with van der Waals surface area (Å²) in [5, 5.41) is 0. The lowest BCUT2D eigenvalue weighted by Gasteiger charge is -2.28. The Morgan fingerprint density at radius 2 is 1.27 bits per heavy atom. The molecule has 0 saturated heterocycles. The van der Waals surface area contributed by atoms with Crippen molar-refractivity contribution in [3.8, 4) is 0 Å². The van der Waals surface area contributed by atoms with Gasteiger partial charge in [0.1, 0.15) is 0 Å². The average Bonchev–Trinajstić information content (AvgIpc) is 2.93. The summed E-state index contributed by atoms with van der Waals surface area (Å²) >= 11 is 2.55. The van der Waals surface area contributed by atoms with Crippen molar-refractivity contribution in [1.82, 2.24) is 0 Å². The molecule has 130 valence electrons. The van der Waals surface area contributed by atoms with Crippen LogP contribution in [0.3, 0.4) is 0 Å². The summed E-state index contributed by atoms with van der Waals surface area (Å²) in [6.07, 6.45) is 0. The van der Waals surface area contributed by atoms with E-state index in [4.69, 9.17) is 0 Å². The van der Waals surface area contributed by atoms with Gasteiger partial charge in [-0.15, -0.1) is 0 Å². The Morgan fingerprint density at radius 1 is 0.731 bits per heavy atom. The van der Waals surface area contributed by atoms with Crippen LogP contribution in [0.2, 0.25) is 0 Å². The van der Waals surface area contributed by atoms with Gasteiger partial charge in [0.15, 0.2) is 0 Å². The topological polar surface area (TPSA) is 0 Å². The Balaban J connectivity index is 2.06. The van der Waals surface area contributed by atoms with Crippen LogP contribution < -0.4 is 0 Å². The van der Waals surface area contributed by atoms with Gasteiger partial charge >= 0.3 is 0 Å². The maximum Gasteiger partial charge on any atom is 0.0282 e. The monoisotopic (exact) mass is 450 g/mol. The summed E-state index contributed by atoms with van der Waals surface area (Å²) < 4.78 is 1.06. The lowest BCUT2D eigenvalue weighted by molar-refractivity contribution is 0.729. The molecular formula is C25H23I. The first-order valence-corrected chi connectivity index (χ1v) is 10.6. The van der Waals surface area contributed by atoms with Gasteiger partial charge in [-0.2, -0.15) is 0 Å². The van der Waals surface area contributed by atoms with Gasteiger partial charge in [0.25, 0.3) is 0 Å². The van der Waals surface area contributed by atoms with Crippen LogP contribution in [0.15, 0.2) is 72.8 Å². The fourth-order valence-corrected chi connectivity index (χ4v) is 4.86. The largest absolute Gasteiger partial charge is 0.0851 e. The summed E-state index contributed by atoms with van der Waals surface area (Å²) in [5.74, 6) is 0. The second kappa shape index (κ2) is 6.70.